The number of benzene rings is 2. The predicted molar refractivity (Wildman–Crippen MR) is 141 cm³/mol. The molecule has 0 spiro atoms. The summed E-state index contributed by atoms with van der Waals surface area (Å²) in [4.78, 5) is 13.2. The number of hydrogen-bond acceptors (Lipinski definition) is 7. The van der Waals surface area contributed by atoms with Crippen molar-refractivity contribution in [2.75, 3.05) is 18.5 Å². The predicted octanol–water partition coefficient (Wildman–Crippen LogP) is 5.78. The van der Waals surface area contributed by atoms with E-state index in [1.165, 1.54) is 0 Å². The Labute approximate surface area is 213 Å². The molecule has 2 atom stereocenters. The van der Waals surface area contributed by atoms with E-state index in [1.54, 1.807) is 11.3 Å². The summed E-state index contributed by atoms with van der Waals surface area (Å²) in [5, 5.41) is 25.8. The molecule has 36 heavy (non-hydrogen) atoms. The molecule has 1 amide bonds. The van der Waals surface area contributed by atoms with Crippen molar-refractivity contribution in [3.8, 4) is 16.2 Å². The summed E-state index contributed by atoms with van der Waals surface area (Å²) >= 11 is 1.67. The third-order valence-electron chi connectivity index (χ3n) is 6.25. The van der Waals surface area contributed by atoms with Gasteiger partial charge in [-0.1, -0.05) is 24.3 Å². The quantitative estimate of drug-likeness (QED) is 0.279. The van der Waals surface area contributed by atoms with Crippen molar-refractivity contribution >= 4 is 34.0 Å². The second-order valence-corrected chi connectivity index (χ2v) is 9.94. The van der Waals surface area contributed by atoms with Crippen LogP contribution in [0.3, 0.4) is 0 Å². The van der Waals surface area contributed by atoms with Crippen LogP contribution in [-0.4, -0.2) is 40.7 Å². The molecule has 4 aromatic rings. The molecule has 2 aromatic carbocycles. The lowest BCUT2D eigenvalue weighted by molar-refractivity contribution is 0.141. The van der Waals surface area contributed by atoms with Crippen molar-refractivity contribution in [3.05, 3.63) is 70.7 Å². The first-order chi connectivity index (χ1) is 17.5. The van der Waals surface area contributed by atoms with Crippen LogP contribution in [0.5, 0.6) is 5.75 Å². The Morgan fingerprint density at radius 1 is 1.19 bits per heavy atom. The first-order valence-corrected chi connectivity index (χ1v) is 12.7. The fourth-order valence-corrected chi connectivity index (χ4v) is 5.41. The molecular weight excluding hydrogens is 476 g/mol. The van der Waals surface area contributed by atoms with Gasteiger partial charge in [0.2, 0.25) is 0 Å². The number of amides is 1. The summed E-state index contributed by atoms with van der Waals surface area (Å²) in [5.74, 6) is 1.50. The standard InChI is InChI=1S/C27H28N4O4S/c1-16-21-8-7-19(35-20-11-12-34-15-20)13-23(21)26(31-30-16)29-17(2)24-9-10-25(36-24)22-6-4-3-5-18(22)14-28-27(32)33/h3-10,13,17,20,28H,11-12,14-15H2,1-2H3,(H,29,31)(H,32,33)/t17-,20?/m1/s1. The normalized spacial score (nSPS) is 16.1. The van der Waals surface area contributed by atoms with Gasteiger partial charge >= 0.3 is 6.09 Å². The number of fused-ring (bicyclic) bond motifs is 1. The van der Waals surface area contributed by atoms with Crippen LogP contribution in [0.1, 0.15) is 35.5 Å². The highest BCUT2D eigenvalue weighted by molar-refractivity contribution is 7.15. The van der Waals surface area contributed by atoms with Crippen LogP contribution in [0.2, 0.25) is 0 Å². The molecule has 8 nitrogen and oxygen atoms in total. The molecule has 1 aliphatic heterocycles. The summed E-state index contributed by atoms with van der Waals surface area (Å²) < 4.78 is 11.6. The number of aromatic nitrogens is 2. The second-order valence-electron chi connectivity index (χ2n) is 8.83. The van der Waals surface area contributed by atoms with Crippen molar-refractivity contribution in [2.45, 2.75) is 39.0 Å². The average molecular weight is 505 g/mol. The lowest BCUT2D eigenvalue weighted by Gasteiger charge is -2.17. The summed E-state index contributed by atoms with van der Waals surface area (Å²) in [6.45, 7) is 5.66. The van der Waals surface area contributed by atoms with Gasteiger partial charge in [-0.3, -0.25) is 0 Å². The Balaban J connectivity index is 1.38. The molecule has 2 aromatic heterocycles. The van der Waals surface area contributed by atoms with Crippen LogP contribution in [-0.2, 0) is 11.3 Å². The van der Waals surface area contributed by atoms with E-state index in [1.807, 2.05) is 49.4 Å². The molecule has 3 N–H and O–H groups in total. The Bertz CT molecular complexity index is 1380. The van der Waals surface area contributed by atoms with Crippen molar-refractivity contribution in [3.63, 3.8) is 0 Å². The number of nitrogens with zero attached hydrogens (tertiary/aromatic N) is 2. The molecule has 1 saturated heterocycles. The van der Waals surface area contributed by atoms with E-state index < -0.39 is 6.09 Å². The molecule has 1 fully saturated rings. The van der Waals surface area contributed by atoms with Gasteiger partial charge in [0.25, 0.3) is 0 Å². The fraction of sp³-hybridized carbons (Fsp3) is 0.296. The zero-order valence-corrected chi connectivity index (χ0v) is 21.0. The molecule has 5 rings (SSSR count). The SMILES string of the molecule is Cc1nnc(N[C@H](C)c2ccc(-c3ccccc3CNC(=O)O)s2)c2cc(OC3CCOC3)ccc12. The highest BCUT2D eigenvalue weighted by Gasteiger charge is 2.19. The van der Waals surface area contributed by atoms with E-state index in [4.69, 9.17) is 14.6 Å². The number of thiophene rings is 1. The zero-order chi connectivity index (χ0) is 25.1. The van der Waals surface area contributed by atoms with Crippen LogP contribution in [0, 0.1) is 6.92 Å². The van der Waals surface area contributed by atoms with Crippen LogP contribution in [0.15, 0.2) is 54.6 Å². The van der Waals surface area contributed by atoms with Gasteiger partial charge in [0.15, 0.2) is 5.82 Å². The maximum Gasteiger partial charge on any atom is 0.404 e. The number of rotatable bonds is 8. The summed E-state index contributed by atoms with van der Waals surface area (Å²) in [5.41, 5.74) is 2.82. The summed E-state index contributed by atoms with van der Waals surface area (Å²) in [6, 6.07) is 18.0. The Kier molecular flexibility index (Phi) is 7.02. The monoisotopic (exact) mass is 504 g/mol. The van der Waals surface area contributed by atoms with Crippen molar-refractivity contribution in [2.24, 2.45) is 0 Å². The Morgan fingerprint density at radius 2 is 2.06 bits per heavy atom. The Hall–Kier alpha value is -3.69. The minimum absolute atomic E-state index is 0.0129. The van der Waals surface area contributed by atoms with Crippen molar-refractivity contribution in [1.29, 1.82) is 0 Å². The molecular formula is C27H28N4O4S. The fourth-order valence-electron chi connectivity index (χ4n) is 4.34. The zero-order valence-electron chi connectivity index (χ0n) is 20.2. The molecule has 1 aliphatic rings. The summed E-state index contributed by atoms with van der Waals surface area (Å²) in [7, 11) is 0. The van der Waals surface area contributed by atoms with Crippen LogP contribution < -0.4 is 15.4 Å². The number of hydrogen-bond donors (Lipinski definition) is 3. The number of carbonyl (C=O) groups is 1. The third-order valence-corrected chi connectivity index (χ3v) is 7.55. The molecule has 0 radical (unpaired) electrons. The molecule has 0 saturated carbocycles. The van der Waals surface area contributed by atoms with E-state index in [0.29, 0.717) is 12.4 Å². The molecule has 9 heteroatoms. The van der Waals surface area contributed by atoms with Gasteiger partial charge < -0.3 is 25.2 Å². The van der Waals surface area contributed by atoms with Gasteiger partial charge in [-0.15, -0.1) is 16.4 Å². The molecule has 0 bridgehead atoms. The van der Waals surface area contributed by atoms with Gasteiger partial charge in [-0.05, 0) is 55.3 Å². The van der Waals surface area contributed by atoms with E-state index in [0.717, 1.165) is 56.1 Å². The van der Waals surface area contributed by atoms with Crippen LogP contribution in [0.25, 0.3) is 21.2 Å². The lowest BCUT2D eigenvalue weighted by Crippen LogP contribution is -2.20. The maximum atomic E-state index is 11.0. The van der Waals surface area contributed by atoms with E-state index in [2.05, 4.69) is 39.9 Å². The topological polar surface area (TPSA) is 106 Å². The van der Waals surface area contributed by atoms with Gasteiger partial charge in [0, 0.05) is 33.5 Å². The van der Waals surface area contributed by atoms with Crippen LogP contribution in [0.4, 0.5) is 10.6 Å². The number of nitrogens with one attached hydrogen (secondary N) is 2. The van der Waals surface area contributed by atoms with E-state index in [9.17, 15) is 4.79 Å². The summed E-state index contributed by atoms with van der Waals surface area (Å²) in [6.07, 6.45) is -0.0675. The highest BCUT2D eigenvalue weighted by atomic mass is 32.1. The first kappa shape index (κ1) is 24.0. The highest BCUT2D eigenvalue weighted by Crippen LogP contribution is 2.36. The number of aryl methyl sites for hydroxylation is 1. The molecule has 1 unspecified atom stereocenters. The third kappa shape index (κ3) is 5.27. The minimum Gasteiger partial charge on any atom is -0.488 e. The molecule has 0 aliphatic carbocycles. The van der Waals surface area contributed by atoms with Gasteiger partial charge in [0.05, 0.1) is 24.9 Å². The number of anilines is 1. The van der Waals surface area contributed by atoms with Gasteiger partial charge in [0.1, 0.15) is 11.9 Å². The lowest BCUT2D eigenvalue weighted by atomic mass is 10.1. The molecule has 186 valence electrons. The van der Waals surface area contributed by atoms with Crippen LogP contribution >= 0.6 is 11.3 Å². The Morgan fingerprint density at radius 3 is 2.86 bits per heavy atom. The van der Waals surface area contributed by atoms with Gasteiger partial charge in [-0.2, -0.15) is 5.10 Å². The van der Waals surface area contributed by atoms with E-state index >= 15 is 0 Å². The average Bonchev–Trinajstić information content (AvgIpc) is 3.57. The van der Waals surface area contributed by atoms with Crippen molar-refractivity contribution in [1.82, 2.24) is 15.5 Å². The van der Waals surface area contributed by atoms with Gasteiger partial charge in [-0.25, -0.2) is 4.79 Å². The molecule has 3 heterocycles. The second kappa shape index (κ2) is 10.5. The maximum absolute atomic E-state index is 11.0. The van der Waals surface area contributed by atoms with E-state index in [-0.39, 0.29) is 18.7 Å². The number of carboxylic acid groups (broad SMARTS) is 1. The first-order valence-electron chi connectivity index (χ1n) is 11.9. The largest absolute Gasteiger partial charge is 0.488 e. The minimum atomic E-state index is -1.04. The van der Waals surface area contributed by atoms with Crippen molar-refractivity contribution < 1.29 is 19.4 Å². The number of ether oxygens (including phenoxy) is 2. The smallest absolute Gasteiger partial charge is 0.404 e.